The van der Waals surface area contributed by atoms with Crippen LogP contribution in [0.2, 0.25) is 0 Å². The molecule has 2 saturated heterocycles. The predicted molar refractivity (Wildman–Crippen MR) is 129 cm³/mol. The fourth-order valence-corrected chi connectivity index (χ4v) is 9.99. The highest BCUT2D eigenvalue weighted by Crippen LogP contribution is 2.82. The summed E-state index contributed by atoms with van der Waals surface area (Å²) in [6.07, 6.45) is 6.92. The van der Waals surface area contributed by atoms with E-state index in [0.29, 0.717) is 37.9 Å². The second-order valence-corrected chi connectivity index (χ2v) is 12.8. The van der Waals surface area contributed by atoms with Crippen molar-refractivity contribution < 1.29 is 28.9 Å². The second kappa shape index (κ2) is 7.75. The predicted octanol–water partition coefficient (Wildman–Crippen LogP) is 4.63. The maximum atomic E-state index is 13.5. The van der Waals surface area contributed by atoms with Gasteiger partial charge in [-0.1, -0.05) is 45.4 Å². The van der Waals surface area contributed by atoms with E-state index in [0.717, 1.165) is 36.7 Å². The summed E-state index contributed by atoms with van der Waals surface area (Å²) < 4.78 is 18.7. The number of rotatable bonds is 6. The number of fused-ring (bicyclic) bond motifs is 3. The Hall–Kier alpha value is -1.50. The molecule has 0 radical (unpaired) electrons. The number of carbonyl (C=O) groups excluding carboxylic acids is 1. The topological polar surface area (TPSA) is 82.1 Å². The summed E-state index contributed by atoms with van der Waals surface area (Å²) in [7, 11) is 0. The van der Waals surface area contributed by atoms with Crippen molar-refractivity contribution in [1.82, 2.24) is 0 Å². The van der Waals surface area contributed by atoms with Crippen LogP contribution in [0, 0.1) is 51.8 Å². The van der Waals surface area contributed by atoms with Crippen LogP contribution < -0.4 is 0 Å². The molecule has 3 saturated carbocycles. The van der Waals surface area contributed by atoms with E-state index < -0.39 is 28.5 Å². The standard InChI is InChI=1S/C29H40O6/c1-15(2)23-8-19-10-27(13-30)22-7-6-16(3)21(22)11-28(19,29(23,27)26(31)32)14-34-24-9-20-17(4)12-33-25(20)18(5)35-24/h8,13,15-16,18-22,24-25H,4,6-7,9-12,14H2,1-3,5H3,(H,31,32)/t16-,18-,19+,20+,21+,22+,24?,25+,27+,28+,29+/m1/s1. The number of ether oxygens (including phenoxy) is 3. The van der Waals surface area contributed by atoms with Crippen molar-refractivity contribution in [3.8, 4) is 0 Å². The van der Waals surface area contributed by atoms with Gasteiger partial charge in [-0.25, -0.2) is 0 Å². The lowest BCUT2D eigenvalue weighted by Gasteiger charge is -2.58. The van der Waals surface area contributed by atoms with Gasteiger partial charge in [0.2, 0.25) is 0 Å². The third-order valence-corrected chi connectivity index (χ3v) is 11.3. The number of aldehydes is 1. The van der Waals surface area contributed by atoms with Crippen molar-refractivity contribution in [2.45, 2.75) is 78.3 Å². The summed E-state index contributed by atoms with van der Waals surface area (Å²) in [5.74, 6) is 0.474. The molecule has 2 aliphatic heterocycles. The van der Waals surface area contributed by atoms with Crippen LogP contribution >= 0.6 is 0 Å². The second-order valence-electron chi connectivity index (χ2n) is 12.8. The van der Waals surface area contributed by atoms with Crippen molar-refractivity contribution in [3.05, 3.63) is 23.8 Å². The van der Waals surface area contributed by atoms with E-state index in [4.69, 9.17) is 14.2 Å². The SMILES string of the molecule is C=C1CO[C@H]2[C@@H](C)OC(OC[C@@]34C[C@H]5[C@H](C)CC[C@@H]5[C@@]5(C=O)C[C@@H]3C=C(C(C)C)[C@@]45C(=O)O)C[C@@H]12. The lowest BCUT2D eigenvalue weighted by Crippen LogP contribution is -2.63. The zero-order valence-electron chi connectivity index (χ0n) is 21.5. The molecule has 0 aromatic carbocycles. The molecule has 35 heavy (non-hydrogen) atoms. The van der Waals surface area contributed by atoms with E-state index in [2.05, 4.69) is 33.4 Å². The lowest BCUT2D eigenvalue weighted by molar-refractivity contribution is -0.248. The van der Waals surface area contributed by atoms with Crippen LogP contribution in [0.15, 0.2) is 23.8 Å². The van der Waals surface area contributed by atoms with Gasteiger partial charge in [-0.2, -0.15) is 0 Å². The molecular weight excluding hydrogens is 444 g/mol. The van der Waals surface area contributed by atoms with Crippen LogP contribution in [0.3, 0.4) is 0 Å². The molecule has 1 N–H and O–H groups in total. The van der Waals surface area contributed by atoms with Gasteiger partial charge in [0.25, 0.3) is 0 Å². The first-order valence-corrected chi connectivity index (χ1v) is 13.6. The van der Waals surface area contributed by atoms with E-state index in [9.17, 15) is 14.7 Å². The number of allylic oxidation sites excluding steroid dienone is 1. The maximum absolute atomic E-state index is 13.5. The summed E-state index contributed by atoms with van der Waals surface area (Å²) in [4.78, 5) is 26.7. The molecule has 192 valence electrons. The molecule has 6 nitrogen and oxygen atoms in total. The van der Waals surface area contributed by atoms with Crippen molar-refractivity contribution >= 4 is 12.3 Å². The lowest BCUT2D eigenvalue weighted by atomic mass is 9.43. The van der Waals surface area contributed by atoms with Crippen LogP contribution in [0.25, 0.3) is 0 Å². The third kappa shape index (κ3) is 2.72. The van der Waals surface area contributed by atoms with Crippen molar-refractivity contribution in [2.24, 2.45) is 51.8 Å². The van der Waals surface area contributed by atoms with Crippen LogP contribution in [0.1, 0.15) is 59.8 Å². The molecule has 0 aromatic rings. The fraction of sp³-hybridized carbons (Fsp3) is 0.793. The quantitative estimate of drug-likeness (QED) is 0.437. The number of hydrogen-bond acceptors (Lipinski definition) is 5. The maximum Gasteiger partial charge on any atom is 0.315 e. The molecule has 4 bridgehead atoms. The van der Waals surface area contributed by atoms with E-state index >= 15 is 0 Å². The minimum absolute atomic E-state index is 0.0141. The summed E-state index contributed by atoms with van der Waals surface area (Å²) in [5.41, 5.74) is -0.635. The molecule has 6 aliphatic rings. The Balaban J connectivity index is 1.39. The van der Waals surface area contributed by atoms with Gasteiger partial charge in [0.1, 0.15) is 11.7 Å². The summed E-state index contributed by atoms with van der Waals surface area (Å²) in [6.45, 7) is 13.5. The smallest absolute Gasteiger partial charge is 0.315 e. The number of carboxylic acid groups (broad SMARTS) is 1. The van der Waals surface area contributed by atoms with Crippen LogP contribution in [-0.4, -0.2) is 49.1 Å². The largest absolute Gasteiger partial charge is 0.481 e. The van der Waals surface area contributed by atoms with Crippen LogP contribution in [0.4, 0.5) is 0 Å². The molecule has 4 aliphatic carbocycles. The van der Waals surface area contributed by atoms with Gasteiger partial charge >= 0.3 is 5.97 Å². The highest BCUT2D eigenvalue weighted by Gasteiger charge is 2.84. The molecule has 0 spiro atoms. The Morgan fingerprint density at radius 3 is 2.77 bits per heavy atom. The Morgan fingerprint density at radius 1 is 1.31 bits per heavy atom. The molecule has 6 heteroatoms. The fourth-order valence-electron chi connectivity index (χ4n) is 9.99. The van der Waals surface area contributed by atoms with Gasteiger partial charge in [0.15, 0.2) is 6.29 Å². The first-order valence-electron chi connectivity index (χ1n) is 13.6. The number of hydrogen-bond donors (Lipinski definition) is 1. The van der Waals surface area contributed by atoms with Gasteiger partial charge < -0.3 is 24.1 Å². The van der Waals surface area contributed by atoms with Gasteiger partial charge in [0, 0.05) is 17.8 Å². The molecule has 6 rings (SSSR count). The van der Waals surface area contributed by atoms with Crippen molar-refractivity contribution in [1.29, 1.82) is 0 Å². The molecule has 2 heterocycles. The number of aliphatic carboxylic acids is 1. The Kier molecular flexibility index (Phi) is 5.29. The van der Waals surface area contributed by atoms with E-state index in [1.807, 2.05) is 6.92 Å². The summed E-state index contributed by atoms with van der Waals surface area (Å²) in [6, 6.07) is 0. The monoisotopic (exact) mass is 484 g/mol. The summed E-state index contributed by atoms with van der Waals surface area (Å²) >= 11 is 0. The zero-order chi connectivity index (χ0) is 24.9. The zero-order valence-corrected chi connectivity index (χ0v) is 21.5. The van der Waals surface area contributed by atoms with Crippen molar-refractivity contribution in [3.63, 3.8) is 0 Å². The number of carbonyl (C=O) groups is 2. The van der Waals surface area contributed by atoms with E-state index in [1.165, 1.54) is 0 Å². The molecule has 5 fully saturated rings. The Morgan fingerprint density at radius 2 is 2.09 bits per heavy atom. The average molecular weight is 485 g/mol. The van der Waals surface area contributed by atoms with Gasteiger partial charge in [-0.15, -0.1) is 0 Å². The highest BCUT2D eigenvalue weighted by atomic mass is 16.7. The van der Waals surface area contributed by atoms with E-state index in [1.54, 1.807) is 0 Å². The minimum Gasteiger partial charge on any atom is -0.481 e. The normalized spacial score (nSPS) is 51.9. The van der Waals surface area contributed by atoms with Crippen molar-refractivity contribution in [2.75, 3.05) is 13.2 Å². The first-order chi connectivity index (χ1) is 16.6. The van der Waals surface area contributed by atoms with Gasteiger partial charge in [0.05, 0.1) is 30.8 Å². The van der Waals surface area contributed by atoms with Gasteiger partial charge in [-0.3, -0.25) is 4.79 Å². The van der Waals surface area contributed by atoms with Crippen LogP contribution in [0.5, 0.6) is 0 Å². The number of carboxylic acids is 1. The molecule has 1 unspecified atom stereocenters. The van der Waals surface area contributed by atoms with Crippen LogP contribution in [-0.2, 0) is 23.8 Å². The molecular formula is C29H40O6. The first kappa shape index (κ1) is 23.9. The van der Waals surface area contributed by atoms with Gasteiger partial charge in [-0.05, 0) is 61.3 Å². The molecule has 0 amide bonds. The molecule has 0 aromatic heterocycles. The average Bonchev–Trinajstić information content (AvgIpc) is 3.50. The Bertz CT molecular complexity index is 986. The summed E-state index contributed by atoms with van der Waals surface area (Å²) in [5, 5.41) is 11.1. The Labute approximate surface area is 208 Å². The minimum atomic E-state index is -1.20. The molecule has 11 atom stereocenters. The van der Waals surface area contributed by atoms with E-state index in [-0.39, 0.29) is 35.9 Å². The highest BCUT2D eigenvalue weighted by molar-refractivity contribution is 5.90. The third-order valence-electron chi connectivity index (χ3n) is 11.3.